The average molecular weight is 423 g/mol. The molecule has 0 atom stereocenters. The van der Waals surface area contributed by atoms with Crippen LogP contribution in [0.2, 0.25) is 0 Å². The lowest BCUT2D eigenvalue weighted by atomic mass is 10.1. The van der Waals surface area contributed by atoms with Crippen molar-refractivity contribution in [1.82, 2.24) is 9.78 Å². The third-order valence-corrected chi connectivity index (χ3v) is 5.62. The number of ether oxygens (including phenoxy) is 3. The number of nitrogens with zero attached hydrogens (tertiary/aromatic N) is 2. The predicted octanol–water partition coefficient (Wildman–Crippen LogP) is 3.56. The topological polar surface area (TPSA) is 106 Å². The van der Waals surface area contributed by atoms with E-state index < -0.39 is 5.97 Å². The van der Waals surface area contributed by atoms with Crippen molar-refractivity contribution in [2.24, 2.45) is 0 Å². The molecule has 1 aliphatic rings. The number of fused-ring (bicyclic) bond motifs is 1. The highest BCUT2D eigenvalue weighted by molar-refractivity contribution is 5.97. The monoisotopic (exact) mass is 423 g/mol. The number of anilines is 1. The summed E-state index contributed by atoms with van der Waals surface area (Å²) in [7, 11) is 2.86. The first-order valence-corrected chi connectivity index (χ1v) is 10.2. The van der Waals surface area contributed by atoms with E-state index in [2.05, 4.69) is 5.10 Å². The number of aromatic nitrogens is 2. The van der Waals surface area contributed by atoms with E-state index in [0.717, 1.165) is 42.1 Å². The summed E-state index contributed by atoms with van der Waals surface area (Å²) in [6.45, 7) is 0.347. The summed E-state index contributed by atoms with van der Waals surface area (Å²) in [5.74, 6) is 0.127. The number of methoxy groups -OCH3 is 2. The van der Waals surface area contributed by atoms with E-state index in [-0.39, 0.29) is 12.1 Å². The molecule has 2 aromatic carbocycles. The molecule has 8 nitrogen and oxygen atoms in total. The van der Waals surface area contributed by atoms with Gasteiger partial charge in [0.25, 0.3) is 0 Å². The SMILES string of the molecule is COC(=O)c1ccc(Cn2nc(N)c3ccc(C(=O)OC4CCCC4)cc32)c(OC)c1. The predicted molar refractivity (Wildman–Crippen MR) is 115 cm³/mol. The number of nitrogens with two attached hydrogens (primary N) is 1. The molecule has 1 fully saturated rings. The molecular weight excluding hydrogens is 398 g/mol. The molecule has 1 aromatic heterocycles. The Morgan fingerprint density at radius 1 is 1.06 bits per heavy atom. The van der Waals surface area contributed by atoms with Crippen LogP contribution in [-0.2, 0) is 16.0 Å². The normalized spacial score (nSPS) is 14.0. The second-order valence-electron chi connectivity index (χ2n) is 7.60. The Balaban J connectivity index is 1.64. The standard InChI is InChI=1S/C23H25N3O5/c1-29-20-12-15(22(27)30-2)7-8-16(20)13-26-19-11-14(9-10-18(19)21(24)25-26)23(28)31-17-5-3-4-6-17/h7-12,17H,3-6,13H2,1-2H3,(H2,24,25). The van der Waals surface area contributed by atoms with Gasteiger partial charge in [0, 0.05) is 10.9 Å². The molecule has 3 aromatic rings. The number of nitrogen functional groups attached to an aromatic ring is 1. The fraction of sp³-hybridized carbons (Fsp3) is 0.348. The van der Waals surface area contributed by atoms with Crippen LogP contribution in [0.25, 0.3) is 10.9 Å². The van der Waals surface area contributed by atoms with Crippen LogP contribution in [-0.4, -0.2) is 42.0 Å². The van der Waals surface area contributed by atoms with Crippen molar-refractivity contribution in [3.05, 3.63) is 53.1 Å². The molecule has 0 aliphatic heterocycles. The van der Waals surface area contributed by atoms with Crippen molar-refractivity contribution in [3.63, 3.8) is 0 Å². The van der Waals surface area contributed by atoms with Gasteiger partial charge in [-0.2, -0.15) is 5.10 Å². The minimum Gasteiger partial charge on any atom is -0.496 e. The van der Waals surface area contributed by atoms with Crippen LogP contribution < -0.4 is 10.5 Å². The van der Waals surface area contributed by atoms with Gasteiger partial charge in [-0.25, -0.2) is 9.59 Å². The van der Waals surface area contributed by atoms with Crippen LogP contribution in [0.1, 0.15) is 52.0 Å². The maximum absolute atomic E-state index is 12.6. The molecule has 0 saturated heterocycles. The molecular formula is C23H25N3O5. The largest absolute Gasteiger partial charge is 0.496 e. The first-order chi connectivity index (χ1) is 15.0. The Hall–Kier alpha value is -3.55. The lowest BCUT2D eigenvalue weighted by Crippen LogP contribution is -2.14. The third-order valence-electron chi connectivity index (χ3n) is 5.62. The Bertz CT molecular complexity index is 1130. The third kappa shape index (κ3) is 4.19. The molecule has 0 spiro atoms. The first kappa shape index (κ1) is 20.7. The van der Waals surface area contributed by atoms with Crippen molar-refractivity contribution in [3.8, 4) is 5.75 Å². The Morgan fingerprint density at radius 3 is 2.48 bits per heavy atom. The van der Waals surface area contributed by atoms with Gasteiger partial charge < -0.3 is 19.9 Å². The van der Waals surface area contributed by atoms with E-state index in [4.69, 9.17) is 19.9 Å². The van der Waals surface area contributed by atoms with Crippen LogP contribution in [0.4, 0.5) is 5.82 Å². The molecule has 0 bridgehead atoms. The lowest BCUT2D eigenvalue weighted by Gasteiger charge is -2.12. The van der Waals surface area contributed by atoms with Crippen LogP contribution in [0.15, 0.2) is 36.4 Å². The van der Waals surface area contributed by atoms with E-state index in [1.807, 2.05) is 0 Å². The van der Waals surface area contributed by atoms with Gasteiger partial charge in [-0.15, -0.1) is 0 Å². The number of hydrogen-bond donors (Lipinski definition) is 1. The smallest absolute Gasteiger partial charge is 0.338 e. The zero-order chi connectivity index (χ0) is 22.0. The Morgan fingerprint density at radius 2 is 1.77 bits per heavy atom. The molecule has 2 N–H and O–H groups in total. The van der Waals surface area contributed by atoms with Crippen LogP contribution in [0, 0.1) is 0 Å². The summed E-state index contributed by atoms with van der Waals surface area (Å²) in [5, 5.41) is 5.19. The molecule has 31 heavy (non-hydrogen) atoms. The van der Waals surface area contributed by atoms with E-state index in [0.29, 0.717) is 29.2 Å². The Kier molecular flexibility index (Phi) is 5.79. The van der Waals surface area contributed by atoms with Crippen molar-refractivity contribution in [1.29, 1.82) is 0 Å². The molecule has 1 aliphatic carbocycles. The highest BCUT2D eigenvalue weighted by atomic mass is 16.5. The molecule has 1 saturated carbocycles. The van der Waals surface area contributed by atoms with Crippen molar-refractivity contribution >= 4 is 28.7 Å². The average Bonchev–Trinajstić information content (AvgIpc) is 3.41. The van der Waals surface area contributed by atoms with Gasteiger partial charge in [-0.05, 0) is 56.0 Å². The number of hydrogen-bond acceptors (Lipinski definition) is 7. The fourth-order valence-electron chi connectivity index (χ4n) is 3.95. The molecule has 0 unspecified atom stereocenters. The number of esters is 2. The maximum atomic E-state index is 12.6. The second-order valence-corrected chi connectivity index (χ2v) is 7.60. The summed E-state index contributed by atoms with van der Waals surface area (Å²) in [4.78, 5) is 24.4. The second kappa shape index (κ2) is 8.67. The molecule has 0 radical (unpaired) electrons. The minimum absolute atomic E-state index is 0.00392. The van der Waals surface area contributed by atoms with Crippen LogP contribution >= 0.6 is 0 Å². The number of benzene rings is 2. The van der Waals surface area contributed by atoms with Crippen molar-refractivity contribution in [2.45, 2.75) is 38.3 Å². The molecule has 4 rings (SSSR count). The number of carbonyl (C=O) groups excluding carboxylic acids is 2. The molecule has 1 heterocycles. The van der Waals surface area contributed by atoms with Gasteiger partial charge in [-0.3, -0.25) is 4.68 Å². The highest BCUT2D eigenvalue weighted by Gasteiger charge is 2.21. The first-order valence-electron chi connectivity index (χ1n) is 10.2. The van der Waals surface area contributed by atoms with Crippen LogP contribution in [0.5, 0.6) is 5.75 Å². The van der Waals surface area contributed by atoms with Gasteiger partial charge in [-0.1, -0.05) is 6.07 Å². The zero-order valence-corrected chi connectivity index (χ0v) is 17.6. The molecule has 8 heteroatoms. The highest BCUT2D eigenvalue weighted by Crippen LogP contribution is 2.28. The van der Waals surface area contributed by atoms with E-state index in [1.54, 1.807) is 41.1 Å². The van der Waals surface area contributed by atoms with E-state index in [1.165, 1.54) is 14.2 Å². The maximum Gasteiger partial charge on any atom is 0.338 e. The Labute approximate surface area is 179 Å². The lowest BCUT2D eigenvalue weighted by molar-refractivity contribution is 0.0317. The number of carbonyl (C=O) groups is 2. The molecule has 0 amide bonds. The summed E-state index contributed by atoms with van der Waals surface area (Å²) >= 11 is 0. The van der Waals surface area contributed by atoms with E-state index in [9.17, 15) is 9.59 Å². The van der Waals surface area contributed by atoms with Gasteiger partial charge in [0.15, 0.2) is 5.82 Å². The van der Waals surface area contributed by atoms with Crippen LogP contribution in [0.3, 0.4) is 0 Å². The van der Waals surface area contributed by atoms with Gasteiger partial charge in [0.05, 0.1) is 37.4 Å². The molecule has 162 valence electrons. The minimum atomic E-state index is -0.441. The summed E-state index contributed by atoms with van der Waals surface area (Å²) in [6.07, 6.45) is 4.02. The quantitative estimate of drug-likeness (QED) is 0.604. The van der Waals surface area contributed by atoms with E-state index >= 15 is 0 Å². The van der Waals surface area contributed by atoms with Crippen molar-refractivity contribution in [2.75, 3.05) is 20.0 Å². The summed E-state index contributed by atoms with van der Waals surface area (Å²) < 4.78 is 17.6. The van der Waals surface area contributed by atoms with Gasteiger partial charge >= 0.3 is 11.9 Å². The zero-order valence-electron chi connectivity index (χ0n) is 17.6. The fourth-order valence-corrected chi connectivity index (χ4v) is 3.95. The van der Waals surface area contributed by atoms with Gasteiger partial charge in [0.2, 0.25) is 0 Å². The van der Waals surface area contributed by atoms with Gasteiger partial charge in [0.1, 0.15) is 11.9 Å². The van der Waals surface area contributed by atoms with Crippen molar-refractivity contribution < 1.29 is 23.8 Å². The summed E-state index contributed by atoms with van der Waals surface area (Å²) in [6, 6.07) is 10.3. The number of rotatable bonds is 6. The summed E-state index contributed by atoms with van der Waals surface area (Å²) in [5.41, 5.74) is 8.48.